The van der Waals surface area contributed by atoms with Gasteiger partial charge in [0.05, 0.1) is 12.2 Å². The van der Waals surface area contributed by atoms with Crippen LogP contribution in [0.3, 0.4) is 0 Å². The van der Waals surface area contributed by atoms with Crippen LogP contribution in [-0.2, 0) is 9.47 Å². The third-order valence-electron chi connectivity index (χ3n) is 4.90. The van der Waals surface area contributed by atoms with E-state index in [1.54, 1.807) is 7.11 Å². The van der Waals surface area contributed by atoms with Crippen LogP contribution >= 0.6 is 0 Å². The molecule has 0 aromatic heterocycles. The molecule has 3 heteroatoms. The highest BCUT2D eigenvalue weighted by Crippen LogP contribution is 2.56. The Kier molecular flexibility index (Phi) is 3.06. The summed E-state index contributed by atoms with van der Waals surface area (Å²) in [5, 5.41) is 0. The summed E-state index contributed by atoms with van der Waals surface area (Å²) in [6, 6.07) is 0. The molecule has 1 atom stereocenters. The van der Waals surface area contributed by atoms with Gasteiger partial charge in [-0.3, -0.25) is 0 Å². The summed E-state index contributed by atoms with van der Waals surface area (Å²) in [5.74, 6) is 0. The van der Waals surface area contributed by atoms with Gasteiger partial charge in [-0.25, -0.2) is 0 Å². The first-order valence-electron chi connectivity index (χ1n) is 6.39. The van der Waals surface area contributed by atoms with E-state index in [0.717, 1.165) is 25.9 Å². The number of rotatable bonds is 4. The molecule has 0 spiro atoms. The Morgan fingerprint density at radius 1 is 1.25 bits per heavy atom. The Hall–Kier alpha value is -0.120. The first-order chi connectivity index (χ1) is 7.47. The fourth-order valence-electron chi connectivity index (χ4n) is 3.09. The fraction of sp³-hybridized carbons (Fsp3) is 1.00. The summed E-state index contributed by atoms with van der Waals surface area (Å²) < 4.78 is 11.5. The molecule has 2 rings (SSSR count). The molecule has 1 saturated heterocycles. The molecular weight excluding hydrogens is 202 g/mol. The third-order valence-corrected chi connectivity index (χ3v) is 4.90. The van der Waals surface area contributed by atoms with Gasteiger partial charge in [-0.15, -0.1) is 0 Å². The van der Waals surface area contributed by atoms with Crippen molar-refractivity contribution in [1.82, 2.24) is 0 Å². The molecule has 1 aliphatic carbocycles. The van der Waals surface area contributed by atoms with Gasteiger partial charge in [-0.05, 0) is 32.1 Å². The molecule has 1 saturated carbocycles. The molecule has 0 amide bonds. The van der Waals surface area contributed by atoms with Crippen molar-refractivity contribution < 1.29 is 9.47 Å². The summed E-state index contributed by atoms with van der Waals surface area (Å²) in [5.41, 5.74) is 6.22. The second kappa shape index (κ2) is 3.97. The summed E-state index contributed by atoms with van der Waals surface area (Å²) in [7, 11) is 1.76. The average Bonchev–Trinajstić information content (AvgIpc) is 3.00. The molecule has 0 bridgehead atoms. The number of methoxy groups -OCH3 is 1. The highest BCUT2D eigenvalue weighted by molar-refractivity contribution is 5.17. The Labute approximate surface area is 98.7 Å². The molecule has 1 aliphatic heterocycles. The van der Waals surface area contributed by atoms with Crippen molar-refractivity contribution in [1.29, 1.82) is 0 Å². The molecule has 3 nitrogen and oxygen atoms in total. The average molecular weight is 227 g/mol. The van der Waals surface area contributed by atoms with E-state index in [0.29, 0.717) is 6.61 Å². The van der Waals surface area contributed by atoms with Crippen molar-refractivity contribution in [3.05, 3.63) is 0 Å². The minimum atomic E-state index is -0.175. The fourth-order valence-corrected chi connectivity index (χ4v) is 3.09. The van der Waals surface area contributed by atoms with Gasteiger partial charge in [-0.1, -0.05) is 13.8 Å². The van der Waals surface area contributed by atoms with E-state index in [1.807, 2.05) is 0 Å². The van der Waals surface area contributed by atoms with E-state index in [1.165, 1.54) is 12.8 Å². The van der Waals surface area contributed by atoms with Gasteiger partial charge in [0, 0.05) is 24.7 Å². The molecule has 94 valence electrons. The normalized spacial score (nSPS) is 33.8. The van der Waals surface area contributed by atoms with Crippen molar-refractivity contribution in [3.63, 3.8) is 0 Å². The van der Waals surface area contributed by atoms with E-state index >= 15 is 0 Å². The largest absolute Gasteiger partial charge is 0.382 e. The topological polar surface area (TPSA) is 44.5 Å². The maximum absolute atomic E-state index is 6.44. The van der Waals surface area contributed by atoms with Crippen LogP contribution in [0.2, 0.25) is 0 Å². The zero-order valence-electron chi connectivity index (χ0n) is 10.8. The van der Waals surface area contributed by atoms with Crippen LogP contribution in [0.4, 0.5) is 0 Å². The molecule has 2 N–H and O–H groups in total. The quantitative estimate of drug-likeness (QED) is 0.800. The molecule has 2 aliphatic rings. The second-order valence-corrected chi connectivity index (χ2v) is 6.01. The molecule has 1 unspecified atom stereocenters. The zero-order valence-corrected chi connectivity index (χ0v) is 10.8. The maximum atomic E-state index is 6.44. The molecule has 0 aromatic carbocycles. The summed E-state index contributed by atoms with van der Waals surface area (Å²) in [4.78, 5) is 0. The summed E-state index contributed by atoms with van der Waals surface area (Å²) in [6.45, 7) is 6.02. The number of hydrogen-bond donors (Lipinski definition) is 1. The highest BCUT2D eigenvalue weighted by atomic mass is 16.5. The van der Waals surface area contributed by atoms with Gasteiger partial charge in [0.2, 0.25) is 0 Å². The van der Waals surface area contributed by atoms with E-state index in [2.05, 4.69) is 13.8 Å². The molecular formula is C13H25NO2. The van der Waals surface area contributed by atoms with E-state index in [9.17, 15) is 0 Å². The lowest BCUT2D eigenvalue weighted by Gasteiger charge is -2.51. The van der Waals surface area contributed by atoms with Gasteiger partial charge in [0.1, 0.15) is 0 Å². The van der Waals surface area contributed by atoms with Gasteiger partial charge < -0.3 is 15.2 Å². The predicted octanol–water partition coefficient (Wildman–Crippen LogP) is 2.09. The van der Waals surface area contributed by atoms with E-state index in [4.69, 9.17) is 15.2 Å². The minimum Gasteiger partial charge on any atom is -0.382 e. The predicted molar refractivity (Wildman–Crippen MR) is 64.3 cm³/mol. The smallest absolute Gasteiger partial charge is 0.0982 e. The van der Waals surface area contributed by atoms with Crippen LogP contribution in [-0.4, -0.2) is 31.5 Å². The van der Waals surface area contributed by atoms with Crippen molar-refractivity contribution in [2.24, 2.45) is 11.1 Å². The second-order valence-electron chi connectivity index (χ2n) is 6.01. The zero-order chi connectivity index (χ0) is 11.9. The Morgan fingerprint density at radius 2 is 1.94 bits per heavy atom. The maximum Gasteiger partial charge on any atom is 0.0982 e. The Morgan fingerprint density at radius 3 is 2.38 bits per heavy atom. The van der Waals surface area contributed by atoms with Crippen LogP contribution in [0.15, 0.2) is 0 Å². The lowest BCUT2D eigenvalue weighted by molar-refractivity contribution is -0.187. The van der Waals surface area contributed by atoms with Crippen LogP contribution in [0, 0.1) is 5.41 Å². The van der Waals surface area contributed by atoms with Gasteiger partial charge >= 0.3 is 0 Å². The van der Waals surface area contributed by atoms with Gasteiger partial charge in [-0.2, -0.15) is 0 Å². The minimum absolute atomic E-state index is 0.00354. The molecule has 16 heavy (non-hydrogen) atoms. The Balaban J connectivity index is 2.23. The standard InChI is InChI=1S/C13H25NO2/c1-11(2,12(14)7-8-12)13(10-15-3)6-4-5-9-16-13/h4-10,14H2,1-3H3. The summed E-state index contributed by atoms with van der Waals surface area (Å²) >= 11 is 0. The van der Waals surface area contributed by atoms with Gasteiger partial charge in [0.15, 0.2) is 0 Å². The van der Waals surface area contributed by atoms with Crippen LogP contribution < -0.4 is 5.73 Å². The molecule has 2 fully saturated rings. The van der Waals surface area contributed by atoms with Crippen molar-refractivity contribution >= 4 is 0 Å². The van der Waals surface area contributed by atoms with E-state index in [-0.39, 0.29) is 16.6 Å². The van der Waals surface area contributed by atoms with Crippen molar-refractivity contribution in [2.75, 3.05) is 20.3 Å². The number of hydrogen-bond acceptors (Lipinski definition) is 3. The van der Waals surface area contributed by atoms with Gasteiger partial charge in [0.25, 0.3) is 0 Å². The lowest BCUT2D eigenvalue weighted by atomic mass is 9.65. The molecule has 0 radical (unpaired) electrons. The highest BCUT2D eigenvalue weighted by Gasteiger charge is 2.62. The first kappa shape index (κ1) is 12.3. The monoisotopic (exact) mass is 227 g/mol. The SMILES string of the molecule is COCC1(C(C)(C)C2(N)CC2)CCCCO1. The van der Waals surface area contributed by atoms with Crippen LogP contribution in [0.25, 0.3) is 0 Å². The first-order valence-corrected chi connectivity index (χ1v) is 6.39. The van der Waals surface area contributed by atoms with Crippen molar-refractivity contribution in [3.8, 4) is 0 Å². The van der Waals surface area contributed by atoms with Crippen LogP contribution in [0.1, 0.15) is 46.0 Å². The molecule has 1 heterocycles. The third kappa shape index (κ3) is 1.69. The Bertz CT molecular complexity index is 247. The molecule has 0 aromatic rings. The van der Waals surface area contributed by atoms with E-state index < -0.39 is 0 Å². The summed E-state index contributed by atoms with van der Waals surface area (Å²) in [6.07, 6.45) is 5.71. The lowest BCUT2D eigenvalue weighted by Crippen LogP contribution is -2.61. The number of nitrogens with two attached hydrogens (primary N) is 1. The van der Waals surface area contributed by atoms with Crippen LogP contribution in [0.5, 0.6) is 0 Å². The number of ether oxygens (including phenoxy) is 2. The van der Waals surface area contributed by atoms with Crippen molar-refractivity contribution in [2.45, 2.75) is 57.1 Å².